The van der Waals surface area contributed by atoms with Gasteiger partial charge in [0.25, 0.3) is 0 Å². The Morgan fingerprint density at radius 3 is 2.64 bits per heavy atom. The summed E-state index contributed by atoms with van der Waals surface area (Å²) in [6, 6.07) is 6.72. The van der Waals surface area contributed by atoms with Crippen molar-refractivity contribution in [2.24, 2.45) is 11.8 Å². The molecule has 0 radical (unpaired) electrons. The van der Waals surface area contributed by atoms with Crippen LogP contribution < -0.4 is 4.74 Å². The molecule has 0 amide bonds. The molecule has 0 saturated heterocycles. The van der Waals surface area contributed by atoms with Crippen molar-refractivity contribution in [3.8, 4) is 5.75 Å². The molecule has 4 atom stereocenters. The smallest absolute Gasteiger partial charge is 0.417 e. The number of fused-ring (bicyclic) bond motifs is 2. The van der Waals surface area contributed by atoms with Gasteiger partial charge in [-0.15, -0.1) is 0 Å². The molecule has 1 N–H and O–H groups in total. The van der Waals surface area contributed by atoms with Crippen LogP contribution in [-0.2, 0) is 4.79 Å². The van der Waals surface area contributed by atoms with E-state index in [2.05, 4.69) is 0 Å². The maximum Gasteiger partial charge on any atom is 0.417 e. The molecule has 2 aliphatic carbocycles. The number of rotatable bonds is 2. The van der Waals surface area contributed by atoms with Crippen molar-refractivity contribution in [1.29, 1.82) is 0 Å². The first-order chi connectivity index (χ1) is 10.3. The van der Waals surface area contributed by atoms with Crippen molar-refractivity contribution in [2.75, 3.05) is 7.11 Å². The molecular formula is C16H17F3O3. The number of Topliss-reactive ketones (excluding diaryl/α,β-unsaturated/α-hetero) is 1. The summed E-state index contributed by atoms with van der Waals surface area (Å²) < 4.78 is 45.2. The Morgan fingerprint density at radius 1 is 1.27 bits per heavy atom. The zero-order chi connectivity index (χ0) is 16.1. The zero-order valence-electron chi connectivity index (χ0n) is 12.1. The summed E-state index contributed by atoms with van der Waals surface area (Å²) in [7, 11) is 1.47. The number of hydrogen-bond acceptors (Lipinski definition) is 3. The van der Waals surface area contributed by atoms with Crippen molar-refractivity contribution in [2.45, 2.75) is 37.0 Å². The van der Waals surface area contributed by atoms with E-state index in [-0.39, 0.29) is 6.42 Å². The maximum absolute atomic E-state index is 13.4. The van der Waals surface area contributed by atoms with E-state index in [1.165, 1.54) is 7.11 Å². The largest absolute Gasteiger partial charge is 0.497 e. The second-order valence-electron chi connectivity index (χ2n) is 6.15. The Morgan fingerprint density at radius 2 is 2.00 bits per heavy atom. The summed E-state index contributed by atoms with van der Waals surface area (Å²) in [4.78, 5) is 12.3. The highest BCUT2D eigenvalue weighted by molar-refractivity contribution is 5.88. The van der Waals surface area contributed by atoms with Crippen LogP contribution in [0.5, 0.6) is 5.75 Å². The topological polar surface area (TPSA) is 46.5 Å². The van der Waals surface area contributed by atoms with Gasteiger partial charge in [-0.2, -0.15) is 13.2 Å². The van der Waals surface area contributed by atoms with Crippen molar-refractivity contribution < 1.29 is 27.8 Å². The van der Waals surface area contributed by atoms with E-state index in [9.17, 15) is 23.1 Å². The van der Waals surface area contributed by atoms with Crippen molar-refractivity contribution in [3.05, 3.63) is 29.8 Å². The van der Waals surface area contributed by atoms with Gasteiger partial charge in [0.2, 0.25) is 0 Å². The molecule has 120 valence electrons. The third kappa shape index (κ3) is 2.12. The molecule has 2 bridgehead atoms. The van der Waals surface area contributed by atoms with Crippen molar-refractivity contribution in [1.82, 2.24) is 0 Å². The number of aliphatic hydroxyl groups is 1. The predicted octanol–water partition coefficient (Wildman–Crippen LogP) is 3.07. The fourth-order valence-electron chi connectivity index (χ4n) is 3.92. The Hall–Kier alpha value is -1.56. The number of methoxy groups -OCH3 is 1. The molecular weight excluding hydrogens is 297 g/mol. The van der Waals surface area contributed by atoms with E-state index in [0.717, 1.165) is 0 Å². The molecule has 1 aromatic rings. The molecule has 3 rings (SSSR count). The molecule has 2 aliphatic rings. The van der Waals surface area contributed by atoms with Crippen molar-refractivity contribution in [3.63, 3.8) is 0 Å². The first-order valence-corrected chi connectivity index (χ1v) is 7.24. The van der Waals surface area contributed by atoms with Gasteiger partial charge >= 0.3 is 6.18 Å². The van der Waals surface area contributed by atoms with E-state index in [1.807, 2.05) is 0 Å². The van der Waals surface area contributed by atoms with Gasteiger partial charge in [0.05, 0.1) is 13.0 Å². The summed E-state index contributed by atoms with van der Waals surface area (Å²) in [5.74, 6) is -2.33. The molecule has 0 heterocycles. The lowest BCUT2D eigenvalue weighted by Crippen LogP contribution is -2.57. The van der Waals surface area contributed by atoms with Crippen LogP contribution >= 0.6 is 0 Å². The molecule has 0 spiro atoms. The predicted molar refractivity (Wildman–Crippen MR) is 72.6 cm³/mol. The number of halogens is 3. The monoisotopic (exact) mass is 314 g/mol. The quantitative estimate of drug-likeness (QED) is 0.912. The Kier molecular flexibility index (Phi) is 3.47. The van der Waals surface area contributed by atoms with E-state index in [1.54, 1.807) is 24.3 Å². The summed E-state index contributed by atoms with van der Waals surface area (Å²) >= 11 is 0. The van der Waals surface area contributed by atoms with Crippen LogP contribution in [0.2, 0.25) is 0 Å². The fraction of sp³-hybridized carbons (Fsp3) is 0.562. The number of hydrogen-bond donors (Lipinski definition) is 1. The molecule has 1 aromatic carbocycles. The average molecular weight is 314 g/mol. The first-order valence-electron chi connectivity index (χ1n) is 7.24. The minimum absolute atomic E-state index is 0.0972. The highest BCUT2D eigenvalue weighted by Gasteiger charge is 2.67. The molecule has 6 heteroatoms. The van der Waals surface area contributed by atoms with Crippen LogP contribution in [-0.4, -0.2) is 29.8 Å². The van der Waals surface area contributed by atoms with Gasteiger partial charge < -0.3 is 9.84 Å². The number of alkyl halides is 3. The number of ether oxygens (including phenoxy) is 1. The molecule has 0 aromatic heterocycles. The summed E-state index contributed by atoms with van der Waals surface area (Å²) in [6.45, 7) is 0. The third-order valence-electron chi connectivity index (χ3n) is 5.08. The minimum Gasteiger partial charge on any atom is -0.497 e. The van der Waals surface area contributed by atoms with Crippen LogP contribution in [0.4, 0.5) is 13.2 Å². The van der Waals surface area contributed by atoms with Gasteiger partial charge in [-0.3, -0.25) is 4.79 Å². The average Bonchev–Trinajstić information content (AvgIpc) is 2.76. The molecule has 0 aliphatic heterocycles. The van der Waals surface area contributed by atoms with E-state index in [4.69, 9.17) is 4.74 Å². The summed E-state index contributed by atoms with van der Waals surface area (Å²) in [5.41, 5.74) is -2.31. The van der Waals surface area contributed by atoms with Crippen LogP contribution in [0, 0.1) is 11.8 Å². The van der Waals surface area contributed by atoms with Gasteiger partial charge in [-0.25, -0.2) is 0 Å². The lowest BCUT2D eigenvalue weighted by molar-refractivity contribution is -0.282. The molecule has 22 heavy (non-hydrogen) atoms. The molecule has 2 fully saturated rings. The lowest BCUT2D eigenvalue weighted by Gasteiger charge is -2.42. The van der Waals surface area contributed by atoms with Crippen LogP contribution in [0.1, 0.15) is 30.7 Å². The first kappa shape index (κ1) is 15.3. The third-order valence-corrected chi connectivity index (χ3v) is 5.08. The normalized spacial score (nSPS) is 34.8. The van der Waals surface area contributed by atoms with Gasteiger partial charge in [0, 0.05) is 5.92 Å². The van der Waals surface area contributed by atoms with Gasteiger partial charge in [0.1, 0.15) is 11.5 Å². The standard InChI is InChI=1S/C16H17F3O3/c1-22-10-4-2-3-9(7-10)12-8-15(21,16(17,18)19)13-6-5-11(12)14(13)20/h2-4,7,11-13,21H,5-6,8H2,1H3/t11-,12-,13-,15-/m0/s1. The van der Waals surface area contributed by atoms with Crippen molar-refractivity contribution >= 4 is 5.78 Å². The SMILES string of the molecule is COc1cccc([C@@H]2C[C@@](O)(C(F)(F)F)[C@H]3CC[C@@H]2C3=O)c1. The fourth-order valence-corrected chi connectivity index (χ4v) is 3.92. The second kappa shape index (κ2) is 4.98. The number of benzene rings is 1. The van der Waals surface area contributed by atoms with Crippen LogP contribution in [0.15, 0.2) is 24.3 Å². The molecule has 3 nitrogen and oxygen atoms in total. The summed E-state index contributed by atoms with van der Waals surface area (Å²) in [6.07, 6.45) is -4.78. The lowest BCUT2D eigenvalue weighted by atomic mass is 9.67. The van der Waals surface area contributed by atoms with Gasteiger partial charge in [-0.05, 0) is 42.9 Å². The van der Waals surface area contributed by atoms with E-state index < -0.39 is 41.7 Å². The Balaban J connectivity index is 2.03. The minimum atomic E-state index is -4.81. The second-order valence-corrected chi connectivity index (χ2v) is 6.15. The maximum atomic E-state index is 13.4. The Labute approximate surface area is 126 Å². The highest BCUT2D eigenvalue weighted by Crippen LogP contribution is 2.56. The number of ketones is 1. The van der Waals surface area contributed by atoms with Crippen LogP contribution in [0.25, 0.3) is 0 Å². The van der Waals surface area contributed by atoms with E-state index in [0.29, 0.717) is 17.7 Å². The van der Waals surface area contributed by atoms with Crippen LogP contribution in [0.3, 0.4) is 0 Å². The highest BCUT2D eigenvalue weighted by atomic mass is 19.4. The van der Waals surface area contributed by atoms with Gasteiger partial charge in [-0.1, -0.05) is 12.1 Å². The Bertz CT molecular complexity index is 599. The molecule has 2 saturated carbocycles. The molecule has 0 unspecified atom stereocenters. The summed E-state index contributed by atoms with van der Waals surface area (Å²) in [5, 5.41) is 10.2. The zero-order valence-corrected chi connectivity index (χ0v) is 12.1. The van der Waals surface area contributed by atoms with E-state index >= 15 is 0 Å². The number of carbonyl (C=O) groups excluding carboxylic acids is 1. The number of carbonyl (C=O) groups is 1. The van der Waals surface area contributed by atoms with Gasteiger partial charge in [0.15, 0.2) is 5.60 Å².